The second-order valence-electron chi connectivity index (χ2n) is 5.89. The van der Waals surface area contributed by atoms with Crippen molar-refractivity contribution in [1.29, 1.82) is 0 Å². The van der Waals surface area contributed by atoms with Crippen LogP contribution in [0.15, 0.2) is 30.6 Å². The number of likely N-dealkylation sites (N-methyl/N-ethyl adjacent to an activating group) is 1. The van der Waals surface area contributed by atoms with E-state index in [0.29, 0.717) is 5.75 Å². The minimum absolute atomic E-state index is 0.0345. The first-order valence-electron chi connectivity index (χ1n) is 8.11. The highest BCUT2D eigenvalue weighted by Gasteiger charge is 2.22. The average Bonchev–Trinajstić information content (AvgIpc) is 3.28. The Bertz CT molecular complexity index is 875. The SMILES string of the molecule is Cc1nc([C@@H](C)N(C)C(=O)COc2ccc(-n3cnnn3)cc2)c(C)s1. The van der Waals surface area contributed by atoms with E-state index >= 15 is 0 Å². The molecule has 0 saturated heterocycles. The van der Waals surface area contributed by atoms with Gasteiger partial charge >= 0.3 is 0 Å². The molecule has 1 atom stereocenters. The van der Waals surface area contributed by atoms with Crippen molar-refractivity contribution in [3.05, 3.63) is 46.2 Å². The molecule has 0 spiro atoms. The quantitative estimate of drug-likeness (QED) is 0.660. The third-order valence-electron chi connectivity index (χ3n) is 4.12. The molecule has 1 amide bonds. The first-order valence-corrected chi connectivity index (χ1v) is 8.93. The second kappa shape index (κ2) is 7.61. The van der Waals surface area contributed by atoms with E-state index < -0.39 is 0 Å². The van der Waals surface area contributed by atoms with E-state index in [0.717, 1.165) is 21.3 Å². The Morgan fingerprint density at radius 2 is 2.04 bits per heavy atom. The fourth-order valence-electron chi connectivity index (χ4n) is 2.55. The summed E-state index contributed by atoms with van der Waals surface area (Å²) >= 11 is 1.64. The molecule has 0 bridgehead atoms. The van der Waals surface area contributed by atoms with Gasteiger partial charge in [-0.25, -0.2) is 9.67 Å². The first-order chi connectivity index (χ1) is 12.5. The molecule has 8 nitrogen and oxygen atoms in total. The molecule has 2 heterocycles. The van der Waals surface area contributed by atoms with E-state index in [1.807, 2.05) is 32.9 Å². The Labute approximate surface area is 155 Å². The van der Waals surface area contributed by atoms with Gasteiger partial charge in [-0.3, -0.25) is 4.79 Å². The van der Waals surface area contributed by atoms with Gasteiger partial charge in [0.25, 0.3) is 5.91 Å². The number of rotatable bonds is 6. The molecule has 0 aliphatic heterocycles. The van der Waals surface area contributed by atoms with Crippen molar-refractivity contribution < 1.29 is 9.53 Å². The van der Waals surface area contributed by atoms with Crippen LogP contribution in [0.25, 0.3) is 5.69 Å². The molecule has 0 unspecified atom stereocenters. The van der Waals surface area contributed by atoms with Crippen molar-refractivity contribution in [2.24, 2.45) is 0 Å². The molecule has 0 aliphatic rings. The van der Waals surface area contributed by atoms with Crippen molar-refractivity contribution in [2.45, 2.75) is 26.8 Å². The number of nitrogens with zero attached hydrogens (tertiary/aromatic N) is 6. The van der Waals surface area contributed by atoms with Crippen LogP contribution in [0.5, 0.6) is 5.75 Å². The Hall–Kier alpha value is -2.81. The Morgan fingerprint density at radius 3 is 2.62 bits per heavy atom. The Morgan fingerprint density at radius 1 is 1.31 bits per heavy atom. The topological polar surface area (TPSA) is 86.0 Å². The summed E-state index contributed by atoms with van der Waals surface area (Å²) in [7, 11) is 1.77. The van der Waals surface area contributed by atoms with E-state index in [2.05, 4.69) is 20.5 Å². The number of hydrogen-bond donors (Lipinski definition) is 0. The Balaban J connectivity index is 1.58. The lowest BCUT2D eigenvalue weighted by atomic mass is 10.2. The summed E-state index contributed by atoms with van der Waals surface area (Å²) in [4.78, 5) is 19.8. The van der Waals surface area contributed by atoms with Gasteiger partial charge in [0.1, 0.15) is 12.1 Å². The summed E-state index contributed by atoms with van der Waals surface area (Å²) in [5.41, 5.74) is 1.75. The van der Waals surface area contributed by atoms with E-state index in [4.69, 9.17) is 4.74 Å². The molecule has 0 radical (unpaired) electrons. The average molecular weight is 372 g/mol. The van der Waals surface area contributed by atoms with Crippen molar-refractivity contribution in [1.82, 2.24) is 30.1 Å². The number of aryl methyl sites for hydroxylation is 2. The molecular formula is C17H20N6O2S. The van der Waals surface area contributed by atoms with Crippen molar-refractivity contribution >= 4 is 17.2 Å². The largest absolute Gasteiger partial charge is 0.484 e. The van der Waals surface area contributed by atoms with Crippen LogP contribution in [0.2, 0.25) is 0 Å². The third-order valence-corrected chi connectivity index (χ3v) is 5.02. The van der Waals surface area contributed by atoms with Crippen molar-refractivity contribution in [3.8, 4) is 11.4 Å². The van der Waals surface area contributed by atoms with E-state index in [1.54, 1.807) is 40.1 Å². The number of carbonyl (C=O) groups excluding carboxylic acids is 1. The second-order valence-corrected chi connectivity index (χ2v) is 7.30. The summed E-state index contributed by atoms with van der Waals surface area (Å²) in [6, 6.07) is 7.11. The number of hydrogen-bond acceptors (Lipinski definition) is 7. The van der Waals surface area contributed by atoms with Gasteiger partial charge in [-0.15, -0.1) is 16.4 Å². The molecule has 2 aromatic heterocycles. The van der Waals surface area contributed by atoms with Gasteiger partial charge in [-0.1, -0.05) is 0 Å². The highest BCUT2D eigenvalue weighted by molar-refractivity contribution is 7.11. The fraction of sp³-hybridized carbons (Fsp3) is 0.353. The first kappa shape index (κ1) is 18.0. The summed E-state index contributed by atoms with van der Waals surface area (Å²) in [5, 5.41) is 12.0. The maximum Gasteiger partial charge on any atom is 0.260 e. The lowest BCUT2D eigenvalue weighted by Crippen LogP contribution is -2.34. The lowest BCUT2D eigenvalue weighted by molar-refractivity contribution is -0.134. The number of carbonyl (C=O) groups is 1. The molecule has 0 N–H and O–H groups in total. The van der Waals surface area contributed by atoms with Crippen LogP contribution < -0.4 is 4.74 Å². The van der Waals surface area contributed by atoms with Crippen LogP contribution in [0.3, 0.4) is 0 Å². The molecule has 0 fully saturated rings. The molecular weight excluding hydrogens is 352 g/mol. The minimum Gasteiger partial charge on any atom is -0.484 e. The summed E-state index contributed by atoms with van der Waals surface area (Å²) in [6.45, 7) is 5.93. The van der Waals surface area contributed by atoms with Crippen LogP contribution in [0, 0.1) is 13.8 Å². The summed E-state index contributed by atoms with van der Waals surface area (Å²) < 4.78 is 7.16. The highest BCUT2D eigenvalue weighted by atomic mass is 32.1. The molecule has 3 rings (SSSR count). The molecule has 136 valence electrons. The van der Waals surface area contributed by atoms with Crippen molar-refractivity contribution in [2.75, 3.05) is 13.7 Å². The van der Waals surface area contributed by atoms with Gasteiger partial charge in [-0.2, -0.15) is 0 Å². The van der Waals surface area contributed by atoms with Gasteiger partial charge < -0.3 is 9.64 Å². The third kappa shape index (κ3) is 3.88. The van der Waals surface area contributed by atoms with Crippen molar-refractivity contribution in [3.63, 3.8) is 0 Å². The Kier molecular flexibility index (Phi) is 5.27. The van der Waals surface area contributed by atoms with Crippen LogP contribution in [0.4, 0.5) is 0 Å². The van der Waals surface area contributed by atoms with E-state index in [9.17, 15) is 4.79 Å². The normalized spacial score (nSPS) is 12.0. The maximum absolute atomic E-state index is 12.4. The van der Waals surface area contributed by atoms with Crippen LogP contribution in [0.1, 0.15) is 28.5 Å². The molecule has 9 heteroatoms. The minimum atomic E-state index is -0.105. The molecule has 0 saturated carbocycles. The smallest absolute Gasteiger partial charge is 0.260 e. The summed E-state index contributed by atoms with van der Waals surface area (Å²) in [6.07, 6.45) is 1.51. The number of tetrazole rings is 1. The molecule has 26 heavy (non-hydrogen) atoms. The van der Waals surface area contributed by atoms with Gasteiger partial charge in [0.15, 0.2) is 6.61 Å². The van der Waals surface area contributed by atoms with E-state index in [-0.39, 0.29) is 18.6 Å². The molecule has 0 aliphatic carbocycles. The predicted molar refractivity (Wildman–Crippen MR) is 97.4 cm³/mol. The van der Waals surface area contributed by atoms with Gasteiger partial charge in [-0.05, 0) is 55.5 Å². The fourth-order valence-corrected chi connectivity index (χ4v) is 3.46. The van der Waals surface area contributed by atoms with E-state index in [1.165, 1.54) is 6.33 Å². The van der Waals surface area contributed by atoms with Gasteiger partial charge in [0, 0.05) is 11.9 Å². The number of thiazole rings is 1. The predicted octanol–water partition coefficient (Wildman–Crippen LogP) is 2.33. The van der Waals surface area contributed by atoms with Crippen LogP contribution in [-0.2, 0) is 4.79 Å². The zero-order chi connectivity index (χ0) is 18.7. The van der Waals surface area contributed by atoms with Gasteiger partial charge in [0.2, 0.25) is 0 Å². The maximum atomic E-state index is 12.4. The lowest BCUT2D eigenvalue weighted by Gasteiger charge is -2.24. The summed E-state index contributed by atoms with van der Waals surface area (Å²) in [5.74, 6) is 0.504. The zero-order valence-corrected chi connectivity index (χ0v) is 15.9. The zero-order valence-electron chi connectivity index (χ0n) is 15.1. The molecule has 1 aromatic carbocycles. The number of aromatic nitrogens is 5. The number of amides is 1. The number of benzene rings is 1. The van der Waals surface area contributed by atoms with Gasteiger partial charge in [0.05, 0.1) is 22.4 Å². The monoisotopic (exact) mass is 372 g/mol. The molecule has 3 aromatic rings. The standard InChI is InChI=1S/C17H20N6O2S/c1-11(17-12(2)26-13(3)19-17)22(4)16(24)9-25-15-7-5-14(6-8-15)23-10-18-20-21-23/h5-8,10-11H,9H2,1-4H3/t11-/m1/s1. The number of ether oxygens (including phenoxy) is 1. The van der Waals surface area contributed by atoms with Crippen LogP contribution >= 0.6 is 11.3 Å². The van der Waals surface area contributed by atoms with Crippen LogP contribution in [-0.4, -0.2) is 49.7 Å². The highest BCUT2D eigenvalue weighted by Crippen LogP contribution is 2.26.